The molecule has 10 nitrogen and oxygen atoms in total. The van der Waals surface area contributed by atoms with Crippen LogP contribution in [0.25, 0.3) is 0 Å². The number of carbonyl (C=O) groups excluding carboxylic acids is 1. The number of ether oxygens (including phenoxy) is 1. The summed E-state index contributed by atoms with van der Waals surface area (Å²) in [6.45, 7) is 20.2. The Morgan fingerprint density at radius 2 is 1.39 bits per heavy atom. The van der Waals surface area contributed by atoms with E-state index in [0.29, 0.717) is 26.1 Å². The average molecular weight is 637 g/mol. The Morgan fingerprint density at radius 3 is 1.96 bits per heavy atom. The lowest BCUT2D eigenvalue weighted by Crippen LogP contribution is -2.31. The fraction of sp³-hybridized carbons (Fsp3) is 0.639. The molecule has 0 unspecified atom stereocenters. The molecule has 2 aromatic heterocycles. The number of carbonyl (C=O) groups is 1. The zero-order chi connectivity index (χ0) is 33.0. The molecule has 0 bridgehead atoms. The molecular weight excluding hydrogens is 576 g/mol. The molecular formula is C36H60N8O2. The second-order valence-electron chi connectivity index (χ2n) is 12.3. The maximum Gasteiger partial charge on any atom is 0.307 e. The van der Waals surface area contributed by atoms with Crippen LogP contribution in [0, 0.1) is 0 Å². The SMILES string of the molecule is CCCN(CCC)CCCCN(CCC(=O)OCCN(CC)CC)Cc1ccc(CN(Cc2ncc[nH]2)Cc2nccn2C)cc1. The molecule has 0 atom stereocenters. The van der Waals surface area contributed by atoms with Crippen LogP contribution in [0.4, 0.5) is 0 Å². The smallest absolute Gasteiger partial charge is 0.307 e. The number of aromatic nitrogens is 4. The van der Waals surface area contributed by atoms with Gasteiger partial charge in [-0.1, -0.05) is 52.0 Å². The van der Waals surface area contributed by atoms with Gasteiger partial charge in [0.2, 0.25) is 0 Å². The summed E-state index contributed by atoms with van der Waals surface area (Å²) in [6, 6.07) is 8.94. The molecule has 0 spiro atoms. The van der Waals surface area contributed by atoms with E-state index in [1.54, 1.807) is 6.20 Å². The van der Waals surface area contributed by atoms with Crippen LogP contribution in [0.1, 0.15) is 82.6 Å². The van der Waals surface area contributed by atoms with Gasteiger partial charge in [-0.2, -0.15) is 0 Å². The number of nitrogens with one attached hydrogen (secondary N) is 1. The van der Waals surface area contributed by atoms with Crippen LogP contribution in [-0.4, -0.2) is 104 Å². The molecule has 0 aliphatic rings. The van der Waals surface area contributed by atoms with E-state index in [1.807, 2.05) is 25.6 Å². The van der Waals surface area contributed by atoms with E-state index >= 15 is 0 Å². The number of unbranched alkanes of at least 4 members (excludes halogenated alkanes) is 1. The number of imidazole rings is 2. The predicted octanol–water partition coefficient (Wildman–Crippen LogP) is 5.32. The maximum absolute atomic E-state index is 12.6. The first-order valence-electron chi connectivity index (χ1n) is 17.5. The monoisotopic (exact) mass is 636 g/mol. The van der Waals surface area contributed by atoms with Crippen LogP contribution in [0.15, 0.2) is 49.1 Å². The molecule has 3 aromatic rings. The third-order valence-corrected chi connectivity index (χ3v) is 8.53. The fourth-order valence-corrected chi connectivity index (χ4v) is 5.84. The van der Waals surface area contributed by atoms with Gasteiger partial charge in [-0.05, 0) is 76.1 Å². The number of aryl methyl sites for hydroxylation is 1. The van der Waals surface area contributed by atoms with Crippen molar-refractivity contribution in [3.8, 4) is 0 Å². The summed E-state index contributed by atoms with van der Waals surface area (Å²) >= 11 is 0. The molecule has 0 aliphatic carbocycles. The van der Waals surface area contributed by atoms with Crippen molar-refractivity contribution in [2.45, 2.75) is 86.0 Å². The topological polar surface area (TPSA) is 85.8 Å². The number of hydrogen-bond acceptors (Lipinski definition) is 8. The van der Waals surface area contributed by atoms with E-state index in [9.17, 15) is 4.79 Å². The molecule has 0 radical (unpaired) electrons. The number of hydrogen-bond donors (Lipinski definition) is 1. The highest BCUT2D eigenvalue weighted by molar-refractivity contribution is 5.69. The molecule has 46 heavy (non-hydrogen) atoms. The fourth-order valence-electron chi connectivity index (χ4n) is 5.84. The van der Waals surface area contributed by atoms with Gasteiger partial charge in [-0.15, -0.1) is 0 Å². The average Bonchev–Trinajstić information content (AvgIpc) is 3.72. The highest BCUT2D eigenvalue weighted by Gasteiger charge is 2.14. The summed E-state index contributed by atoms with van der Waals surface area (Å²) in [5.74, 6) is 1.87. The van der Waals surface area contributed by atoms with Crippen molar-refractivity contribution in [3.63, 3.8) is 0 Å². The van der Waals surface area contributed by atoms with Gasteiger partial charge in [0.15, 0.2) is 0 Å². The number of esters is 1. The van der Waals surface area contributed by atoms with Gasteiger partial charge >= 0.3 is 5.97 Å². The van der Waals surface area contributed by atoms with Crippen molar-refractivity contribution < 1.29 is 9.53 Å². The van der Waals surface area contributed by atoms with Gasteiger partial charge in [0.1, 0.15) is 18.3 Å². The zero-order valence-corrected chi connectivity index (χ0v) is 29.3. The van der Waals surface area contributed by atoms with Crippen molar-refractivity contribution in [2.24, 2.45) is 7.05 Å². The van der Waals surface area contributed by atoms with Gasteiger partial charge < -0.3 is 24.1 Å². The third kappa shape index (κ3) is 14.2. The van der Waals surface area contributed by atoms with Gasteiger partial charge in [0.25, 0.3) is 0 Å². The van der Waals surface area contributed by atoms with Crippen LogP contribution in [0.3, 0.4) is 0 Å². The molecule has 0 saturated heterocycles. The van der Waals surface area contributed by atoms with E-state index < -0.39 is 0 Å². The Labute approximate surface area is 278 Å². The van der Waals surface area contributed by atoms with Gasteiger partial charge in [-0.25, -0.2) is 9.97 Å². The second-order valence-corrected chi connectivity index (χ2v) is 12.3. The van der Waals surface area contributed by atoms with Crippen molar-refractivity contribution in [1.29, 1.82) is 0 Å². The zero-order valence-electron chi connectivity index (χ0n) is 29.3. The number of likely N-dealkylation sites (N-methyl/N-ethyl adjacent to an activating group) is 1. The van der Waals surface area contributed by atoms with Crippen molar-refractivity contribution in [2.75, 3.05) is 59.0 Å². The highest BCUT2D eigenvalue weighted by atomic mass is 16.5. The summed E-state index contributed by atoms with van der Waals surface area (Å²) < 4.78 is 7.66. The minimum absolute atomic E-state index is 0.103. The number of rotatable bonds is 25. The molecule has 256 valence electrons. The Morgan fingerprint density at radius 1 is 0.739 bits per heavy atom. The predicted molar refractivity (Wildman–Crippen MR) is 186 cm³/mol. The summed E-state index contributed by atoms with van der Waals surface area (Å²) in [6.07, 6.45) is 12.6. The summed E-state index contributed by atoms with van der Waals surface area (Å²) in [5.41, 5.74) is 2.51. The Hall–Kier alpha value is -3.05. The summed E-state index contributed by atoms with van der Waals surface area (Å²) in [5, 5.41) is 0. The first-order valence-corrected chi connectivity index (χ1v) is 17.5. The van der Waals surface area contributed by atoms with E-state index in [-0.39, 0.29) is 5.97 Å². The largest absolute Gasteiger partial charge is 0.464 e. The quantitative estimate of drug-likeness (QED) is 0.0988. The normalized spacial score (nSPS) is 11.8. The van der Waals surface area contributed by atoms with Crippen LogP contribution < -0.4 is 0 Å². The van der Waals surface area contributed by atoms with Crippen LogP contribution in [-0.2, 0) is 42.8 Å². The Balaban J connectivity index is 1.58. The first-order chi connectivity index (χ1) is 22.4. The van der Waals surface area contributed by atoms with E-state index in [2.05, 4.69) is 91.1 Å². The molecule has 1 aromatic carbocycles. The second kappa shape index (κ2) is 21.7. The van der Waals surface area contributed by atoms with E-state index in [1.165, 1.54) is 43.5 Å². The maximum atomic E-state index is 12.6. The van der Waals surface area contributed by atoms with Gasteiger partial charge in [0.05, 0.1) is 19.5 Å². The minimum Gasteiger partial charge on any atom is -0.464 e. The molecule has 1 N–H and O–H groups in total. The Bertz CT molecular complexity index is 1190. The van der Waals surface area contributed by atoms with Crippen molar-refractivity contribution in [1.82, 2.24) is 39.1 Å². The first kappa shape index (κ1) is 37.4. The van der Waals surface area contributed by atoms with E-state index in [0.717, 1.165) is 70.4 Å². The number of H-pyrrole nitrogens is 1. The standard InChI is InChI=1S/C36H60N8O2/c1-6-20-42(21-7-2)22-10-11-23-43(24-16-36(45)46-27-26-41(8-3)9-4)28-32-12-14-33(15-13-32)29-44(30-34-37-17-18-38-34)31-35-39-19-25-40(35)5/h12-15,17-19,25H,6-11,16,20-24,26-31H2,1-5H3,(H,37,38). The van der Waals surface area contributed by atoms with Crippen LogP contribution >= 0.6 is 0 Å². The molecule has 0 fully saturated rings. The molecule has 0 amide bonds. The number of nitrogens with zero attached hydrogens (tertiary/aromatic N) is 7. The van der Waals surface area contributed by atoms with Gasteiger partial charge in [0, 0.05) is 58.0 Å². The summed E-state index contributed by atoms with van der Waals surface area (Å²) in [7, 11) is 2.03. The Kier molecular flexibility index (Phi) is 17.6. The summed E-state index contributed by atoms with van der Waals surface area (Å²) in [4.78, 5) is 34.5. The van der Waals surface area contributed by atoms with Gasteiger partial charge in [-0.3, -0.25) is 14.6 Å². The number of aromatic amines is 1. The molecule has 0 saturated carbocycles. The highest BCUT2D eigenvalue weighted by Crippen LogP contribution is 2.15. The van der Waals surface area contributed by atoms with Crippen LogP contribution in [0.2, 0.25) is 0 Å². The van der Waals surface area contributed by atoms with Crippen molar-refractivity contribution >= 4 is 5.97 Å². The lowest BCUT2D eigenvalue weighted by atomic mass is 10.1. The molecule has 10 heteroatoms. The lowest BCUT2D eigenvalue weighted by molar-refractivity contribution is -0.144. The molecule has 0 aliphatic heterocycles. The lowest BCUT2D eigenvalue weighted by Gasteiger charge is -2.25. The number of benzene rings is 1. The molecule has 2 heterocycles. The van der Waals surface area contributed by atoms with Crippen LogP contribution in [0.5, 0.6) is 0 Å². The third-order valence-electron chi connectivity index (χ3n) is 8.53. The van der Waals surface area contributed by atoms with E-state index in [4.69, 9.17) is 4.74 Å². The van der Waals surface area contributed by atoms with Crippen molar-refractivity contribution in [3.05, 3.63) is 71.8 Å². The molecule has 3 rings (SSSR count). The minimum atomic E-state index is -0.103.